The average Bonchev–Trinajstić information content (AvgIpc) is 2.55. The van der Waals surface area contributed by atoms with E-state index in [1.165, 1.54) is 12.3 Å². The van der Waals surface area contributed by atoms with Gasteiger partial charge in [0.25, 0.3) is 0 Å². The zero-order valence-corrected chi connectivity index (χ0v) is 6.85. The van der Waals surface area contributed by atoms with E-state index in [4.69, 9.17) is 0 Å². The number of nitrogens with zero attached hydrogens (tertiary/aromatic N) is 1. The Balaban J connectivity index is 2.47. The van der Waals surface area contributed by atoms with Crippen molar-refractivity contribution < 1.29 is 23.6 Å². The number of ether oxygens (including phenoxy) is 2. The van der Waals surface area contributed by atoms with Gasteiger partial charge in [0.05, 0.1) is 12.8 Å². The summed E-state index contributed by atoms with van der Waals surface area (Å²) in [4.78, 5) is 21.6. The number of carbonyl (C=O) groups excluding carboxylic acids is 2. The summed E-state index contributed by atoms with van der Waals surface area (Å²) in [5, 5.41) is 3.27. The van der Waals surface area contributed by atoms with Crippen LogP contribution in [0.25, 0.3) is 0 Å². The minimum atomic E-state index is -1.05. The molecule has 0 amide bonds. The van der Waals surface area contributed by atoms with Crippen LogP contribution in [0, 0.1) is 0 Å². The molecule has 0 radical (unpaired) electrons. The van der Waals surface area contributed by atoms with Crippen molar-refractivity contribution in [2.24, 2.45) is 0 Å². The van der Waals surface area contributed by atoms with Crippen LogP contribution in [0.4, 0.5) is 4.79 Å². The van der Waals surface area contributed by atoms with Crippen molar-refractivity contribution in [3.63, 3.8) is 0 Å². The number of hydrogen-bond donors (Lipinski definition) is 0. The largest absolute Gasteiger partial charge is 0.516 e. The standard InChI is InChI=1S/C7H7NO5/c1-2-11-7(10)12-6(9)5-3-4-8-13-5/h3-4H,2H2,1H3. The summed E-state index contributed by atoms with van der Waals surface area (Å²) in [6.45, 7) is 1.74. The van der Waals surface area contributed by atoms with Crippen LogP contribution in [0.15, 0.2) is 16.8 Å². The van der Waals surface area contributed by atoms with Gasteiger partial charge in [-0.1, -0.05) is 5.16 Å². The molecule has 0 unspecified atom stereocenters. The molecule has 1 aromatic heterocycles. The lowest BCUT2D eigenvalue weighted by Crippen LogP contribution is -2.13. The maximum Gasteiger partial charge on any atom is 0.516 e. The molecule has 0 aromatic carbocycles. The van der Waals surface area contributed by atoms with E-state index in [0.717, 1.165) is 0 Å². The number of carbonyl (C=O) groups is 2. The summed E-state index contributed by atoms with van der Waals surface area (Å²) in [7, 11) is 0. The van der Waals surface area contributed by atoms with Crippen LogP contribution >= 0.6 is 0 Å². The van der Waals surface area contributed by atoms with E-state index in [9.17, 15) is 9.59 Å². The van der Waals surface area contributed by atoms with Gasteiger partial charge in [0, 0.05) is 6.07 Å². The van der Waals surface area contributed by atoms with Crippen LogP contribution < -0.4 is 0 Å². The Morgan fingerprint density at radius 1 is 1.62 bits per heavy atom. The van der Waals surface area contributed by atoms with Crippen LogP contribution in [-0.2, 0) is 9.47 Å². The zero-order valence-electron chi connectivity index (χ0n) is 6.85. The maximum atomic E-state index is 10.9. The molecule has 0 saturated heterocycles. The molecular weight excluding hydrogens is 178 g/mol. The lowest BCUT2D eigenvalue weighted by atomic mass is 10.5. The van der Waals surface area contributed by atoms with E-state index in [1.807, 2.05) is 0 Å². The molecule has 1 heterocycles. The summed E-state index contributed by atoms with van der Waals surface area (Å²) in [5.41, 5.74) is 0. The van der Waals surface area contributed by atoms with Gasteiger partial charge in [0.15, 0.2) is 0 Å². The number of aromatic nitrogens is 1. The van der Waals surface area contributed by atoms with Crippen molar-refractivity contribution in [1.82, 2.24) is 5.16 Å². The van der Waals surface area contributed by atoms with Gasteiger partial charge in [-0.15, -0.1) is 0 Å². The first-order chi connectivity index (χ1) is 6.24. The molecule has 0 aliphatic rings. The van der Waals surface area contributed by atoms with Crippen LogP contribution in [0.1, 0.15) is 17.5 Å². The molecule has 6 nitrogen and oxygen atoms in total. The van der Waals surface area contributed by atoms with Crippen LogP contribution in [0.2, 0.25) is 0 Å². The molecule has 13 heavy (non-hydrogen) atoms. The van der Waals surface area contributed by atoms with Gasteiger partial charge < -0.3 is 14.0 Å². The lowest BCUT2D eigenvalue weighted by Gasteiger charge is -1.98. The third-order valence-electron chi connectivity index (χ3n) is 1.08. The van der Waals surface area contributed by atoms with Crippen molar-refractivity contribution in [3.8, 4) is 0 Å². The topological polar surface area (TPSA) is 78.6 Å². The van der Waals surface area contributed by atoms with Gasteiger partial charge in [0.1, 0.15) is 0 Å². The molecule has 1 aromatic rings. The molecule has 0 aliphatic heterocycles. The highest BCUT2D eigenvalue weighted by Gasteiger charge is 2.16. The Morgan fingerprint density at radius 3 is 2.92 bits per heavy atom. The summed E-state index contributed by atoms with van der Waals surface area (Å²) >= 11 is 0. The van der Waals surface area contributed by atoms with Crippen molar-refractivity contribution in [2.45, 2.75) is 6.92 Å². The van der Waals surface area contributed by atoms with E-state index < -0.39 is 12.1 Å². The minimum Gasteiger partial charge on any atom is -0.434 e. The Labute approximate surface area is 73.4 Å². The Hall–Kier alpha value is -1.85. The molecule has 70 valence electrons. The molecule has 0 saturated carbocycles. The molecule has 0 N–H and O–H groups in total. The third-order valence-corrected chi connectivity index (χ3v) is 1.08. The average molecular weight is 185 g/mol. The van der Waals surface area contributed by atoms with E-state index in [-0.39, 0.29) is 12.4 Å². The first-order valence-electron chi connectivity index (χ1n) is 3.53. The number of esters is 1. The molecular formula is C7H7NO5. The summed E-state index contributed by atoms with van der Waals surface area (Å²) in [6, 6.07) is 1.28. The van der Waals surface area contributed by atoms with E-state index >= 15 is 0 Å². The second-order valence-corrected chi connectivity index (χ2v) is 1.95. The first-order valence-corrected chi connectivity index (χ1v) is 3.53. The van der Waals surface area contributed by atoms with Gasteiger partial charge in [-0.2, -0.15) is 0 Å². The second-order valence-electron chi connectivity index (χ2n) is 1.95. The smallest absolute Gasteiger partial charge is 0.434 e. The van der Waals surface area contributed by atoms with Crippen LogP contribution in [0.5, 0.6) is 0 Å². The SMILES string of the molecule is CCOC(=O)OC(=O)c1ccno1. The highest BCUT2D eigenvalue weighted by molar-refractivity contribution is 5.92. The first kappa shape index (κ1) is 9.24. The van der Waals surface area contributed by atoms with Crippen LogP contribution in [0.3, 0.4) is 0 Å². The second kappa shape index (κ2) is 4.24. The fraction of sp³-hybridized carbons (Fsp3) is 0.286. The summed E-state index contributed by atoms with van der Waals surface area (Å²) in [6.07, 6.45) is 0.214. The van der Waals surface area contributed by atoms with Crippen molar-refractivity contribution in [3.05, 3.63) is 18.0 Å². The Bertz CT molecular complexity index is 292. The molecule has 1 rings (SSSR count). The fourth-order valence-electron chi connectivity index (χ4n) is 0.594. The summed E-state index contributed by atoms with van der Waals surface area (Å²) in [5.74, 6) is -1.07. The van der Waals surface area contributed by atoms with Gasteiger partial charge in [-0.05, 0) is 6.92 Å². The summed E-state index contributed by atoms with van der Waals surface area (Å²) < 4.78 is 13.0. The van der Waals surface area contributed by atoms with Crippen LogP contribution in [-0.4, -0.2) is 23.9 Å². The Morgan fingerprint density at radius 2 is 2.38 bits per heavy atom. The normalized spacial score (nSPS) is 9.31. The van der Waals surface area contributed by atoms with Crippen molar-refractivity contribution >= 4 is 12.1 Å². The molecule has 0 bridgehead atoms. The predicted octanol–water partition coefficient (Wildman–Crippen LogP) is 0.988. The highest BCUT2D eigenvalue weighted by Crippen LogP contribution is 2.00. The highest BCUT2D eigenvalue weighted by atomic mass is 16.7. The Kier molecular flexibility index (Phi) is 3.02. The van der Waals surface area contributed by atoms with Crippen molar-refractivity contribution in [1.29, 1.82) is 0 Å². The number of rotatable bonds is 2. The molecule has 0 fully saturated rings. The van der Waals surface area contributed by atoms with E-state index in [1.54, 1.807) is 6.92 Å². The van der Waals surface area contributed by atoms with Gasteiger partial charge >= 0.3 is 12.1 Å². The quantitative estimate of drug-likeness (QED) is 0.505. The lowest BCUT2D eigenvalue weighted by molar-refractivity contribution is 0.0366. The van der Waals surface area contributed by atoms with E-state index in [0.29, 0.717) is 0 Å². The molecule has 6 heteroatoms. The molecule has 0 spiro atoms. The van der Waals surface area contributed by atoms with Gasteiger partial charge in [-0.3, -0.25) is 0 Å². The fourth-order valence-corrected chi connectivity index (χ4v) is 0.594. The van der Waals surface area contributed by atoms with Gasteiger partial charge in [-0.25, -0.2) is 9.59 Å². The predicted molar refractivity (Wildman–Crippen MR) is 38.9 cm³/mol. The third kappa shape index (κ3) is 2.58. The minimum absolute atomic E-state index is 0.141. The van der Waals surface area contributed by atoms with E-state index in [2.05, 4.69) is 19.2 Å². The van der Waals surface area contributed by atoms with Crippen molar-refractivity contribution in [2.75, 3.05) is 6.61 Å². The maximum absolute atomic E-state index is 10.9. The number of hydrogen-bond acceptors (Lipinski definition) is 6. The molecule has 0 aliphatic carbocycles. The molecule has 0 atom stereocenters. The van der Waals surface area contributed by atoms with Gasteiger partial charge in [0.2, 0.25) is 5.76 Å². The monoisotopic (exact) mass is 185 g/mol. The zero-order chi connectivity index (χ0) is 9.68.